The minimum atomic E-state index is -0.798. The van der Waals surface area contributed by atoms with E-state index in [1.807, 2.05) is 18.2 Å². The maximum Gasteiger partial charge on any atom is 0.306 e. The number of rotatable bonds is 4. The van der Waals surface area contributed by atoms with Crippen molar-refractivity contribution in [2.45, 2.75) is 44.4 Å². The van der Waals surface area contributed by atoms with Gasteiger partial charge in [0.1, 0.15) is 5.82 Å². The van der Waals surface area contributed by atoms with Crippen molar-refractivity contribution in [1.29, 1.82) is 0 Å². The lowest BCUT2D eigenvalue weighted by molar-refractivity contribution is -0.141. The Hall–Kier alpha value is -2.37. The largest absolute Gasteiger partial charge is 0.481 e. The van der Waals surface area contributed by atoms with Crippen LogP contribution in [0.5, 0.6) is 0 Å². The van der Waals surface area contributed by atoms with Gasteiger partial charge in [0, 0.05) is 17.5 Å². The van der Waals surface area contributed by atoms with E-state index in [0.717, 1.165) is 22.5 Å². The highest BCUT2D eigenvalue weighted by molar-refractivity contribution is 5.95. The second kappa shape index (κ2) is 5.92. The minimum absolute atomic E-state index is 0.0863. The van der Waals surface area contributed by atoms with Crippen LogP contribution in [0.4, 0.5) is 5.69 Å². The number of H-pyrrole nitrogens is 1. The molecule has 3 N–H and O–H groups in total. The lowest BCUT2D eigenvalue weighted by atomic mass is 9.85. The average Bonchev–Trinajstić information content (AvgIpc) is 3.11. The van der Waals surface area contributed by atoms with Crippen LogP contribution in [-0.2, 0) is 9.59 Å². The maximum atomic E-state index is 12.4. The molecule has 0 bridgehead atoms. The average molecular weight is 327 g/mol. The SMILES string of the molecule is O=C(O)[C@@H]1CC[C@H](C(=O)Nc2ccc3nc(C4CCC4)[nH]c3c2)C1. The molecule has 6 nitrogen and oxygen atoms in total. The molecule has 1 aromatic heterocycles. The second-order valence-corrected chi connectivity index (χ2v) is 7.02. The summed E-state index contributed by atoms with van der Waals surface area (Å²) < 4.78 is 0. The molecule has 0 saturated heterocycles. The van der Waals surface area contributed by atoms with Crippen LogP contribution in [0.25, 0.3) is 11.0 Å². The molecule has 126 valence electrons. The molecule has 1 heterocycles. The number of amides is 1. The first-order chi connectivity index (χ1) is 11.6. The Morgan fingerprint density at radius 2 is 1.96 bits per heavy atom. The molecule has 2 atom stereocenters. The van der Waals surface area contributed by atoms with E-state index in [9.17, 15) is 9.59 Å². The lowest BCUT2D eigenvalue weighted by Crippen LogP contribution is -2.21. The Morgan fingerprint density at radius 3 is 2.62 bits per heavy atom. The summed E-state index contributed by atoms with van der Waals surface area (Å²) in [6.45, 7) is 0. The van der Waals surface area contributed by atoms with Crippen molar-refractivity contribution < 1.29 is 14.7 Å². The zero-order valence-electron chi connectivity index (χ0n) is 13.4. The van der Waals surface area contributed by atoms with Gasteiger partial charge in [0.05, 0.1) is 17.0 Å². The third kappa shape index (κ3) is 2.77. The van der Waals surface area contributed by atoms with Crippen molar-refractivity contribution in [3.63, 3.8) is 0 Å². The summed E-state index contributed by atoms with van der Waals surface area (Å²) in [5, 5.41) is 12.0. The summed E-state index contributed by atoms with van der Waals surface area (Å²) >= 11 is 0. The van der Waals surface area contributed by atoms with E-state index in [0.29, 0.717) is 25.2 Å². The Morgan fingerprint density at radius 1 is 1.17 bits per heavy atom. The van der Waals surface area contributed by atoms with Crippen molar-refractivity contribution in [3.05, 3.63) is 24.0 Å². The monoisotopic (exact) mass is 327 g/mol. The normalized spacial score (nSPS) is 24.0. The first kappa shape index (κ1) is 15.2. The van der Waals surface area contributed by atoms with Gasteiger partial charge in [-0.3, -0.25) is 9.59 Å². The fourth-order valence-corrected chi connectivity index (χ4v) is 3.67. The van der Waals surface area contributed by atoms with Gasteiger partial charge in [-0.1, -0.05) is 6.42 Å². The molecule has 2 aliphatic rings. The van der Waals surface area contributed by atoms with Crippen LogP contribution in [0.3, 0.4) is 0 Å². The third-order valence-electron chi connectivity index (χ3n) is 5.41. The molecule has 2 aromatic rings. The van der Waals surface area contributed by atoms with Crippen LogP contribution in [0, 0.1) is 11.8 Å². The summed E-state index contributed by atoms with van der Waals surface area (Å²) in [6, 6.07) is 5.68. The van der Waals surface area contributed by atoms with E-state index in [4.69, 9.17) is 5.11 Å². The fraction of sp³-hybridized carbons (Fsp3) is 0.500. The number of carboxylic acid groups (broad SMARTS) is 1. The number of carbonyl (C=O) groups excluding carboxylic acids is 1. The van der Waals surface area contributed by atoms with Gasteiger partial charge in [-0.15, -0.1) is 0 Å². The van der Waals surface area contributed by atoms with Crippen LogP contribution < -0.4 is 5.32 Å². The molecular formula is C18H21N3O3. The number of nitrogens with one attached hydrogen (secondary N) is 2. The number of aromatic nitrogens is 2. The molecule has 2 fully saturated rings. The molecule has 1 aromatic carbocycles. The van der Waals surface area contributed by atoms with Crippen LogP contribution in [0.1, 0.15) is 50.3 Å². The van der Waals surface area contributed by atoms with Crippen LogP contribution >= 0.6 is 0 Å². The number of aromatic amines is 1. The van der Waals surface area contributed by atoms with Crippen molar-refractivity contribution >= 4 is 28.6 Å². The van der Waals surface area contributed by atoms with Gasteiger partial charge in [0.2, 0.25) is 5.91 Å². The maximum absolute atomic E-state index is 12.4. The molecule has 0 unspecified atom stereocenters. The molecule has 0 radical (unpaired) electrons. The number of imidazole rings is 1. The van der Waals surface area contributed by atoms with E-state index in [1.54, 1.807) is 0 Å². The summed E-state index contributed by atoms with van der Waals surface area (Å²) in [5.41, 5.74) is 2.58. The number of aliphatic carboxylic acids is 1. The van der Waals surface area contributed by atoms with E-state index >= 15 is 0 Å². The van der Waals surface area contributed by atoms with Gasteiger partial charge in [0.25, 0.3) is 0 Å². The third-order valence-corrected chi connectivity index (χ3v) is 5.41. The second-order valence-electron chi connectivity index (χ2n) is 7.02. The van der Waals surface area contributed by atoms with Crippen LogP contribution in [-0.4, -0.2) is 27.0 Å². The van der Waals surface area contributed by atoms with Crippen LogP contribution in [0.15, 0.2) is 18.2 Å². The first-order valence-electron chi connectivity index (χ1n) is 8.63. The zero-order chi connectivity index (χ0) is 16.7. The smallest absolute Gasteiger partial charge is 0.306 e. The van der Waals surface area contributed by atoms with Crippen molar-refractivity contribution in [1.82, 2.24) is 9.97 Å². The predicted molar refractivity (Wildman–Crippen MR) is 89.8 cm³/mol. The Bertz CT molecular complexity index is 794. The quantitative estimate of drug-likeness (QED) is 0.803. The molecule has 1 amide bonds. The van der Waals surface area contributed by atoms with E-state index in [1.165, 1.54) is 19.3 Å². The van der Waals surface area contributed by atoms with Gasteiger partial charge in [-0.2, -0.15) is 0 Å². The predicted octanol–water partition coefficient (Wildman–Crippen LogP) is 3.27. The van der Waals surface area contributed by atoms with Crippen molar-refractivity contribution in [2.75, 3.05) is 5.32 Å². The molecule has 6 heteroatoms. The van der Waals surface area contributed by atoms with Gasteiger partial charge >= 0.3 is 5.97 Å². The summed E-state index contributed by atoms with van der Waals surface area (Å²) in [6.07, 6.45) is 5.30. The number of carbonyl (C=O) groups is 2. The van der Waals surface area contributed by atoms with Gasteiger partial charge < -0.3 is 15.4 Å². The Labute approximate surface area is 139 Å². The highest BCUT2D eigenvalue weighted by Gasteiger charge is 2.33. The van der Waals surface area contributed by atoms with Gasteiger partial charge in [0.15, 0.2) is 0 Å². The number of hydrogen-bond donors (Lipinski definition) is 3. The minimum Gasteiger partial charge on any atom is -0.481 e. The van der Waals surface area contributed by atoms with Crippen molar-refractivity contribution in [2.24, 2.45) is 11.8 Å². The summed E-state index contributed by atoms with van der Waals surface area (Å²) in [4.78, 5) is 31.4. The number of nitrogens with zero attached hydrogens (tertiary/aromatic N) is 1. The molecule has 4 rings (SSSR count). The number of benzene rings is 1. The van der Waals surface area contributed by atoms with E-state index in [-0.39, 0.29) is 17.7 Å². The molecule has 0 spiro atoms. The highest BCUT2D eigenvalue weighted by Crippen LogP contribution is 2.36. The zero-order valence-corrected chi connectivity index (χ0v) is 13.4. The first-order valence-corrected chi connectivity index (χ1v) is 8.63. The highest BCUT2D eigenvalue weighted by atomic mass is 16.4. The van der Waals surface area contributed by atoms with E-state index in [2.05, 4.69) is 15.3 Å². The Balaban J connectivity index is 1.46. The molecule has 2 aliphatic carbocycles. The Kier molecular flexibility index (Phi) is 3.75. The fourth-order valence-electron chi connectivity index (χ4n) is 3.67. The summed E-state index contributed by atoms with van der Waals surface area (Å²) in [7, 11) is 0. The topological polar surface area (TPSA) is 95.1 Å². The molecule has 2 saturated carbocycles. The lowest BCUT2D eigenvalue weighted by Gasteiger charge is -2.22. The van der Waals surface area contributed by atoms with Gasteiger partial charge in [-0.25, -0.2) is 4.98 Å². The van der Waals surface area contributed by atoms with Crippen LogP contribution in [0.2, 0.25) is 0 Å². The van der Waals surface area contributed by atoms with Crippen molar-refractivity contribution in [3.8, 4) is 0 Å². The summed E-state index contributed by atoms with van der Waals surface area (Å²) in [5.74, 6) is 0.0983. The molecule has 0 aliphatic heterocycles. The van der Waals surface area contributed by atoms with Gasteiger partial charge in [-0.05, 0) is 50.3 Å². The van der Waals surface area contributed by atoms with E-state index < -0.39 is 5.97 Å². The number of hydrogen-bond acceptors (Lipinski definition) is 3. The number of fused-ring (bicyclic) bond motifs is 1. The number of carboxylic acids is 1. The number of anilines is 1. The molecule has 24 heavy (non-hydrogen) atoms. The molecular weight excluding hydrogens is 306 g/mol. The standard InChI is InChI=1S/C18H21N3O3/c22-17(11-4-5-12(8-11)18(23)24)19-13-6-7-14-15(9-13)21-16(20-14)10-2-1-3-10/h6-7,9-12H,1-5,8H2,(H,19,22)(H,20,21)(H,23,24)/t11-,12+/m0/s1.